The van der Waals surface area contributed by atoms with Gasteiger partial charge in [0.15, 0.2) is 0 Å². The van der Waals surface area contributed by atoms with Gasteiger partial charge in [-0.15, -0.1) is 0 Å². The molecule has 1 atom stereocenters. The molecule has 1 N–H and O–H groups in total. The van der Waals surface area contributed by atoms with Gasteiger partial charge in [-0.25, -0.2) is 4.68 Å². The summed E-state index contributed by atoms with van der Waals surface area (Å²) in [7, 11) is 0. The minimum Gasteiger partial charge on any atom is -0.324 e. The number of benzene rings is 2. The summed E-state index contributed by atoms with van der Waals surface area (Å²) in [5, 5.41) is 8.45. The van der Waals surface area contributed by atoms with E-state index < -0.39 is 0 Å². The van der Waals surface area contributed by atoms with Gasteiger partial charge in [0, 0.05) is 10.7 Å². The van der Waals surface area contributed by atoms with E-state index in [9.17, 15) is 0 Å². The fraction of sp³-hybridized carbons (Fsp3) is 0.200. The number of hydrogen-bond acceptors (Lipinski definition) is 3. The average molecular weight is 351 g/mol. The van der Waals surface area contributed by atoms with E-state index >= 15 is 0 Å². The quantitative estimate of drug-likeness (QED) is 0.713. The molecule has 4 nitrogen and oxygen atoms in total. The molecule has 0 saturated carbocycles. The lowest BCUT2D eigenvalue weighted by Crippen LogP contribution is -2.20. The van der Waals surface area contributed by atoms with Gasteiger partial charge in [-0.2, -0.15) is 10.1 Å². The number of aromatic nitrogens is 3. The SMILES string of the molecule is CC(C)c1ccc(C2=CC(c3ccccc3Cl)n3ncnc3N2)cc1. The van der Waals surface area contributed by atoms with Gasteiger partial charge in [0.05, 0.1) is 0 Å². The van der Waals surface area contributed by atoms with Gasteiger partial charge in [0.25, 0.3) is 0 Å². The summed E-state index contributed by atoms with van der Waals surface area (Å²) in [5.74, 6) is 1.23. The van der Waals surface area contributed by atoms with E-state index in [4.69, 9.17) is 11.6 Å². The van der Waals surface area contributed by atoms with E-state index in [-0.39, 0.29) is 6.04 Å². The van der Waals surface area contributed by atoms with Gasteiger partial charge in [-0.1, -0.05) is 67.9 Å². The highest BCUT2D eigenvalue weighted by Crippen LogP contribution is 2.35. The van der Waals surface area contributed by atoms with Crippen molar-refractivity contribution in [3.8, 4) is 0 Å². The van der Waals surface area contributed by atoms with E-state index in [1.807, 2.05) is 28.9 Å². The van der Waals surface area contributed by atoms with Crippen LogP contribution in [0.25, 0.3) is 5.70 Å². The van der Waals surface area contributed by atoms with Crippen molar-refractivity contribution in [1.29, 1.82) is 0 Å². The number of hydrogen-bond donors (Lipinski definition) is 1. The molecule has 1 aromatic heterocycles. The topological polar surface area (TPSA) is 42.7 Å². The van der Waals surface area contributed by atoms with Crippen molar-refractivity contribution >= 4 is 23.2 Å². The van der Waals surface area contributed by atoms with E-state index in [0.29, 0.717) is 5.92 Å². The second kappa shape index (κ2) is 6.37. The normalized spacial score (nSPS) is 16.3. The molecule has 5 heteroatoms. The molecule has 1 aliphatic rings. The Balaban J connectivity index is 1.77. The van der Waals surface area contributed by atoms with E-state index in [1.54, 1.807) is 6.33 Å². The number of fused-ring (bicyclic) bond motifs is 1. The first-order valence-corrected chi connectivity index (χ1v) is 8.74. The van der Waals surface area contributed by atoms with E-state index in [2.05, 4.69) is 59.6 Å². The van der Waals surface area contributed by atoms with Crippen LogP contribution in [0.4, 0.5) is 5.95 Å². The van der Waals surface area contributed by atoms with Crippen LogP contribution < -0.4 is 5.32 Å². The standard InChI is InChI=1S/C20H19ClN4/c1-13(2)14-7-9-15(10-8-14)18-11-19(16-5-3-4-6-17(16)21)25-20(24-18)22-12-23-25/h3-13,19H,1-2H3,(H,22,23,24). The van der Waals surface area contributed by atoms with E-state index in [1.165, 1.54) is 5.56 Å². The van der Waals surface area contributed by atoms with Gasteiger partial charge < -0.3 is 5.32 Å². The van der Waals surface area contributed by atoms with Crippen LogP contribution in [0, 0.1) is 0 Å². The molecule has 126 valence electrons. The smallest absolute Gasteiger partial charge is 0.226 e. The third-order valence-electron chi connectivity index (χ3n) is 4.52. The van der Waals surface area contributed by atoms with Crippen LogP contribution in [0.15, 0.2) is 60.9 Å². The highest BCUT2D eigenvalue weighted by atomic mass is 35.5. The molecule has 3 aromatic rings. The minimum atomic E-state index is -0.0905. The Morgan fingerprint density at radius 2 is 1.84 bits per heavy atom. The number of rotatable bonds is 3. The summed E-state index contributed by atoms with van der Waals surface area (Å²) < 4.78 is 1.85. The lowest BCUT2D eigenvalue weighted by molar-refractivity contribution is 0.612. The fourth-order valence-electron chi connectivity index (χ4n) is 3.09. The second-order valence-electron chi connectivity index (χ2n) is 6.48. The number of nitrogens with zero attached hydrogens (tertiary/aromatic N) is 3. The van der Waals surface area contributed by atoms with Gasteiger partial charge in [0.2, 0.25) is 5.95 Å². The summed E-state index contributed by atoms with van der Waals surface area (Å²) in [6.45, 7) is 4.39. The van der Waals surface area contributed by atoms with Crippen LogP contribution in [-0.2, 0) is 0 Å². The Morgan fingerprint density at radius 1 is 1.08 bits per heavy atom. The van der Waals surface area contributed by atoms with Crippen LogP contribution in [0.2, 0.25) is 5.02 Å². The third kappa shape index (κ3) is 2.94. The maximum atomic E-state index is 6.43. The number of anilines is 1. The fourth-order valence-corrected chi connectivity index (χ4v) is 3.33. The summed E-state index contributed by atoms with van der Waals surface area (Å²) in [6.07, 6.45) is 3.71. The van der Waals surface area contributed by atoms with Gasteiger partial charge in [-0.05, 0) is 34.8 Å². The molecule has 4 rings (SSSR count). The second-order valence-corrected chi connectivity index (χ2v) is 6.88. The van der Waals surface area contributed by atoms with Gasteiger partial charge in [-0.3, -0.25) is 0 Å². The zero-order chi connectivity index (χ0) is 17.4. The lowest BCUT2D eigenvalue weighted by Gasteiger charge is -2.25. The first-order valence-electron chi connectivity index (χ1n) is 8.36. The van der Waals surface area contributed by atoms with Crippen molar-refractivity contribution < 1.29 is 0 Å². The van der Waals surface area contributed by atoms with Crippen LogP contribution >= 0.6 is 11.6 Å². The molecular formula is C20H19ClN4. The molecule has 0 saturated heterocycles. The van der Waals surface area contributed by atoms with Gasteiger partial charge >= 0.3 is 0 Å². The molecule has 0 bridgehead atoms. The van der Waals surface area contributed by atoms with Crippen molar-refractivity contribution in [2.75, 3.05) is 5.32 Å². The highest BCUT2D eigenvalue weighted by Gasteiger charge is 2.24. The monoisotopic (exact) mass is 350 g/mol. The van der Waals surface area contributed by atoms with Crippen LogP contribution in [0.5, 0.6) is 0 Å². The molecule has 0 spiro atoms. The molecule has 0 radical (unpaired) electrons. The Bertz CT molecular complexity index is 925. The number of halogens is 1. The Labute approximate surface area is 152 Å². The van der Waals surface area contributed by atoms with Crippen molar-refractivity contribution in [1.82, 2.24) is 14.8 Å². The van der Waals surface area contributed by atoms with E-state index in [0.717, 1.165) is 27.8 Å². The zero-order valence-electron chi connectivity index (χ0n) is 14.1. The number of allylic oxidation sites excluding steroid dienone is 1. The summed E-state index contributed by atoms with van der Waals surface area (Å²) in [6, 6.07) is 16.4. The third-order valence-corrected chi connectivity index (χ3v) is 4.86. The molecule has 2 aromatic carbocycles. The largest absolute Gasteiger partial charge is 0.324 e. The van der Waals surface area contributed by atoms with Crippen molar-refractivity contribution in [2.45, 2.75) is 25.8 Å². The van der Waals surface area contributed by atoms with Gasteiger partial charge in [0.1, 0.15) is 12.4 Å². The molecule has 0 aliphatic carbocycles. The predicted molar refractivity (Wildman–Crippen MR) is 102 cm³/mol. The lowest BCUT2D eigenvalue weighted by atomic mass is 9.98. The highest BCUT2D eigenvalue weighted by molar-refractivity contribution is 6.31. The Morgan fingerprint density at radius 3 is 2.56 bits per heavy atom. The Kier molecular flexibility index (Phi) is 4.06. The molecule has 1 aliphatic heterocycles. The molecular weight excluding hydrogens is 332 g/mol. The Hall–Kier alpha value is -2.59. The van der Waals surface area contributed by atoms with Crippen molar-refractivity contribution in [3.05, 3.63) is 82.6 Å². The summed E-state index contributed by atoms with van der Waals surface area (Å²) in [4.78, 5) is 4.34. The van der Waals surface area contributed by atoms with Crippen LogP contribution in [0.1, 0.15) is 42.5 Å². The maximum absolute atomic E-state index is 6.43. The molecule has 25 heavy (non-hydrogen) atoms. The van der Waals surface area contributed by atoms with Crippen molar-refractivity contribution in [3.63, 3.8) is 0 Å². The summed E-state index contributed by atoms with van der Waals surface area (Å²) >= 11 is 6.43. The number of nitrogens with one attached hydrogen (secondary N) is 1. The first kappa shape index (κ1) is 15.9. The molecule has 2 heterocycles. The summed E-state index contributed by atoms with van der Waals surface area (Å²) in [5.41, 5.74) is 4.47. The van der Waals surface area contributed by atoms with Crippen LogP contribution in [-0.4, -0.2) is 14.8 Å². The zero-order valence-corrected chi connectivity index (χ0v) is 14.9. The predicted octanol–water partition coefficient (Wildman–Crippen LogP) is 5.11. The minimum absolute atomic E-state index is 0.0905. The first-order chi connectivity index (χ1) is 12.1. The molecule has 1 unspecified atom stereocenters. The average Bonchev–Trinajstić information content (AvgIpc) is 3.10. The van der Waals surface area contributed by atoms with Crippen molar-refractivity contribution in [2.24, 2.45) is 0 Å². The molecule has 0 amide bonds. The van der Waals surface area contributed by atoms with Crippen LogP contribution in [0.3, 0.4) is 0 Å². The molecule has 0 fully saturated rings. The maximum Gasteiger partial charge on any atom is 0.226 e.